The first-order chi connectivity index (χ1) is 21.1. The summed E-state index contributed by atoms with van der Waals surface area (Å²) in [7, 11) is 3.12. The van der Waals surface area contributed by atoms with Crippen molar-refractivity contribution >= 4 is 86.7 Å². The first-order valence-electron chi connectivity index (χ1n) is 13.4. The van der Waals surface area contributed by atoms with E-state index in [2.05, 4.69) is 31.5 Å². The number of aryl methyl sites for hydroxylation is 1. The number of rotatable bonds is 12. The molecule has 0 atom stereocenters. The molecule has 0 fully saturated rings. The maximum absolute atomic E-state index is 12.9. The molecule has 0 saturated heterocycles. The van der Waals surface area contributed by atoms with Crippen molar-refractivity contribution in [1.82, 2.24) is 20.0 Å². The second-order valence-corrected chi connectivity index (χ2v) is 11.1. The number of hydrogen-bond acceptors (Lipinski definition) is 6. The average Bonchev–Trinajstić information content (AvgIpc) is 3.32. The fourth-order valence-electron chi connectivity index (χ4n) is 4.13. The summed E-state index contributed by atoms with van der Waals surface area (Å²) in [6.07, 6.45) is 4.77. The number of likely N-dealkylation sites (N-methyl/N-ethyl adjacent to an activating group) is 1. The molecule has 2 aromatic carbocycles. The van der Waals surface area contributed by atoms with E-state index in [9.17, 15) is 14.4 Å². The first kappa shape index (κ1) is 35.9. The molecule has 0 aliphatic carbocycles. The third kappa shape index (κ3) is 8.99. The molecule has 238 valence electrons. The highest BCUT2D eigenvalue weighted by atomic mass is 79.9. The first-order valence-corrected chi connectivity index (χ1v) is 15.0. The molecular weight excluding hydrogens is 709 g/mol. The lowest BCUT2D eigenvalue weighted by molar-refractivity contribution is -0.122. The van der Waals surface area contributed by atoms with Crippen LogP contribution in [0.4, 0.5) is 5.69 Å². The number of pyridine rings is 1. The molecule has 0 spiro atoms. The molecule has 45 heavy (non-hydrogen) atoms. The molecule has 0 aliphatic rings. The van der Waals surface area contributed by atoms with Crippen molar-refractivity contribution in [2.24, 2.45) is 0 Å². The summed E-state index contributed by atoms with van der Waals surface area (Å²) in [6.45, 7) is 2.50. The Balaban J connectivity index is 0.00000552. The number of methoxy groups -OCH3 is 1. The summed E-state index contributed by atoms with van der Waals surface area (Å²) in [5.74, 6) is -0.527. The normalized spacial score (nSPS) is 10.9. The van der Waals surface area contributed by atoms with Crippen LogP contribution in [0, 0.1) is 6.92 Å². The van der Waals surface area contributed by atoms with Crippen molar-refractivity contribution in [3.63, 3.8) is 0 Å². The van der Waals surface area contributed by atoms with Gasteiger partial charge in [-0.3, -0.25) is 18.8 Å². The highest BCUT2D eigenvalue weighted by Crippen LogP contribution is 2.35. The van der Waals surface area contributed by atoms with Gasteiger partial charge in [-0.15, -0.1) is 12.4 Å². The monoisotopic (exact) mass is 737 g/mol. The number of imidazole rings is 1. The summed E-state index contributed by atoms with van der Waals surface area (Å²) in [5, 5.41) is 5.95. The van der Waals surface area contributed by atoms with Gasteiger partial charge in [0.2, 0.25) is 11.8 Å². The number of hydrogen-bond donors (Lipinski definition) is 2. The van der Waals surface area contributed by atoms with E-state index in [1.165, 1.54) is 11.0 Å². The van der Waals surface area contributed by atoms with Gasteiger partial charge >= 0.3 is 0 Å². The molecule has 10 nitrogen and oxygen atoms in total. The number of nitrogens with zero attached hydrogens (tertiary/aromatic N) is 3. The van der Waals surface area contributed by atoms with Crippen molar-refractivity contribution in [3.8, 4) is 5.75 Å². The minimum atomic E-state index is -0.459. The standard InChI is InChI=1S/C31H30BrCl2N5O5.ClH/c1-19-29(32)39-15-4-5-25(30(39)37-19)44-18-22-23(33)11-12-24(28(22)34)38(2)27(41)17-36-26(40)13-8-20-6-9-21(10-7-20)31(42)35-14-16-43-3;/h4-13,15H,14,16-18H2,1-3H3,(H,35,42)(H,36,40);1H/b13-8+;. The Morgan fingerprint density at radius 3 is 2.53 bits per heavy atom. The van der Waals surface area contributed by atoms with Crippen LogP contribution in [0.5, 0.6) is 5.75 Å². The molecule has 0 saturated carbocycles. The van der Waals surface area contributed by atoms with Gasteiger partial charge in [0.05, 0.1) is 29.6 Å². The number of anilines is 1. The summed E-state index contributed by atoms with van der Waals surface area (Å²) in [4.78, 5) is 43.3. The summed E-state index contributed by atoms with van der Waals surface area (Å²) in [5.41, 5.74) is 3.57. The molecule has 14 heteroatoms. The van der Waals surface area contributed by atoms with Crippen LogP contribution in [0.1, 0.15) is 27.2 Å². The summed E-state index contributed by atoms with van der Waals surface area (Å²) in [6, 6.07) is 13.7. The van der Waals surface area contributed by atoms with Crippen LogP contribution in [0.15, 0.2) is 65.4 Å². The number of aromatic nitrogens is 2. The third-order valence-corrected chi connectivity index (χ3v) is 8.33. The van der Waals surface area contributed by atoms with E-state index in [4.69, 9.17) is 32.7 Å². The number of benzene rings is 2. The Labute approximate surface area is 285 Å². The Bertz CT molecular complexity index is 1710. The van der Waals surface area contributed by atoms with Crippen LogP contribution in [0.3, 0.4) is 0 Å². The Hall–Kier alpha value is -3.61. The van der Waals surface area contributed by atoms with Crippen LogP contribution in [-0.4, -0.2) is 61.0 Å². The van der Waals surface area contributed by atoms with Crippen LogP contribution in [-0.2, 0) is 20.9 Å². The van der Waals surface area contributed by atoms with Gasteiger partial charge in [0, 0.05) is 49.1 Å². The molecule has 2 aromatic heterocycles. The quantitative estimate of drug-likeness (QED) is 0.139. The van der Waals surface area contributed by atoms with Crippen molar-refractivity contribution < 1.29 is 23.9 Å². The van der Waals surface area contributed by atoms with E-state index < -0.39 is 11.8 Å². The van der Waals surface area contributed by atoms with E-state index in [1.807, 2.05) is 23.6 Å². The molecular formula is C31H31BrCl3N5O5. The number of carbonyl (C=O) groups excluding carboxylic acids is 3. The van der Waals surface area contributed by atoms with E-state index in [0.29, 0.717) is 51.9 Å². The van der Waals surface area contributed by atoms with Gasteiger partial charge in [-0.25, -0.2) is 4.98 Å². The van der Waals surface area contributed by atoms with Gasteiger partial charge in [0.1, 0.15) is 11.2 Å². The lowest BCUT2D eigenvalue weighted by atomic mass is 10.1. The van der Waals surface area contributed by atoms with Crippen molar-refractivity contribution in [1.29, 1.82) is 0 Å². The fourth-order valence-corrected chi connectivity index (χ4v) is 5.11. The molecule has 0 bridgehead atoms. The Morgan fingerprint density at radius 1 is 1.09 bits per heavy atom. The lowest BCUT2D eigenvalue weighted by Crippen LogP contribution is -2.37. The fraction of sp³-hybridized carbons (Fsp3) is 0.226. The number of nitrogens with one attached hydrogen (secondary N) is 2. The van der Waals surface area contributed by atoms with Gasteiger partial charge < -0.3 is 25.0 Å². The molecule has 0 aliphatic heterocycles. The van der Waals surface area contributed by atoms with E-state index in [1.54, 1.807) is 62.7 Å². The van der Waals surface area contributed by atoms with Gasteiger partial charge in [-0.2, -0.15) is 0 Å². The van der Waals surface area contributed by atoms with Crippen LogP contribution < -0.4 is 20.3 Å². The highest BCUT2D eigenvalue weighted by Gasteiger charge is 2.20. The zero-order chi connectivity index (χ0) is 31.8. The van der Waals surface area contributed by atoms with Crippen molar-refractivity contribution in [2.75, 3.05) is 38.8 Å². The second-order valence-electron chi connectivity index (χ2n) is 9.58. The van der Waals surface area contributed by atoms with Gasteiger partial charge in [-0.1, -0.05) is 35.3 Å². The predicted octanol–water partition coefficient (Wildman–Crippen LogP) is 5.88. The zero-order valence-corrected chi connectivity index (χ0v) is 28.5. The zero-order valence-electron chi connectivity index (χ0n) is 24.6. The maximum atomic E-state index is 12.9. The molecule has 2 heterocycles. The number of amides is 3. The molecule has 2 N–H and O–H groups in total. The SMILES string of the molecule is COCCNC(=O)c1ccc(/C=C/C(=O)NCC(=O)N(C)c2ccc(Cl)c(COc3cccn4c(Br)c(C)nc34)c2Cl)cc1.Cl. The van der Waals surface area contributed by atoms with Gasteiger partial charge in [0.25, 0.3) is 5.91 Å². The highest BCUT2D eigenvalue weighted by molar-refractivity contribution is 9.10. The van der Waals surface area contributed by atoms with Gasteiger partial charge in [-0.05, 0) is 70.9 Å². The van der Waals surface area contributed by atoms with Crippen molar-refractivity contribution in [2.45, 2.75) is 13.5 Å². The lowest BCUT2D eigenvalue weighted by Gasteiger charge is -2.21. The maximum Gasteiger partial charge on any atom is 0.251 e. The van der Waals surface area contributed by atoms with E-state index in [-0.39, 0.29) is 36.5 Å². The van der Waals surface area contributed by atoms with E-state index >= 15 is 0 Å². The smallest absolute Gasteiger partial charge is 0.251 e. The Morgan fingerprint density at radius 2 is 1.82 bits per heavy atom. The average molecular weight is 740 g/mol. The second kappa shape index (κ2) is 16.6. The number of ether oxygens (including phenoxy) is 2. The van der Waals surface area contributed by atoms with Crippen LogP contribution >= 0.6 is 51.5 Å². The number of fused-ring (bicyclic) bond motifs is 1. The van der Waals surface area contributed by atoms with Crippen molar-refractivity contribution in [3.05, 3.63) is 97.8 Å². The predicted molar refractivity (Wildman–Crippen MR) is 182 cm³/mol. The number of halogens is 4. The Kier molecular flexibility index (Phi) is 13.3. The molecule has 0 unspecified atom stereocenters. The largest absolute Gasteiger partial charge is 0.485 e. The number of carbonyl (C=O) groups is 3. The van der Waals surface area contributed by atoms with Gasteiger partial charge in [0.15, 0.2) is 11.4 Å². The molecule has 4 rings (SSSR count). The summed E-state index contributed by atoms with van der Waals surface area (Å²) >= 11 is 16.7. The molecule has 3 amide bonds. The summed E-state index contributed by atoms with van der Waals surface area (Å²) < 4.78 is 13.7. The molecule has 4 aromatic rings. The third-order valence-electron chi connectivity index (χ3n) is 6.59. The van der Waals surface area contributed by atoms with E-state index in [0.717, 1.165) is 10.3 Å². The van der Waals surface area contributed by atoms with Crippen LogP contribution in [0.25, 0.3) is 11.7 Å². The topological polar surface area (TPSA) is 114 Å². The molecule has 0 radical (unpaired) electrons. The minimum absolute atomic E-state index is 0. The minimum Gasteiger partial charge on any atom is -0.485 e. The van der Waals surface area contributed by atoms with Crippen LogP contribution in [0.2, 0.25) is 10.0 Å².